The minimum Gasteiger partial charge on any atom is -0.420 e. The zero-order chi connectivity index (χ0) is 9.03. The van der Waals surface area contributed by atoms with Crippen molar-refractivity contribution in [2.75, 3.05) is 7.11 Å². The fourth-order valence-electron chi connectivity index (χ4n) is 1.49. The van der Waals surface area contributed by atoms with E-state index in [4.69, 9.17) is 4.43 Å². The minimum absolute atomic E-state index is 1.11. The Kier molecular flexibility index (Phi) is 3.78. The van der Waals surface area contributed by atoms with E-state index in [1.54, 1.807) is 0 Å². The van der Waals surface area contributed by atoms with E-state index in [2.05, 4.69) is 13.1 Å². The van der Waals surface area contributed by atoms with Crippen molar-refractivity contribution in [2.45, 2.75) is 51.2 Å². The summed E-state index contributed by atoms with van der Waals surface area (Å²) >= 11 is 0. The first-order valence-electron chi connectivity index (χ1n) is 5.19. The lowest BCUT2D eigenvalue weighted by Gasteiger charge is -2.19. The van der Waals surface area contributed by atoms with E-state index in [9.17, 15) is 0 Å². The second-order valence-electron chi connectivity index (χ2n) is 4.65. The van der Waals surface area contributed by atoms with Gasteiger partial charge in [-0.05, 0) is 25.1 Å². The molecule has 0 aromatic carbocycles. The highest BCUT2D eigenvalue weighted by molar-refractivity contribution is 6.71. The molecule has 2 heteroatoms. The van der Waals surface area contributed by atoms with Gasteiger partial charge in [0.25, 0.3) is 0 Å². The number of unbranched alkanes of at least 4 members (excludes halogenated alkanes) is 1. The van der Waals surface area contributed by atoms with Crippen LogP contribution in [0.15, 0.2) is 0 Å². The molecule has 0 aromatic heterocycles. The van der Waals surface area contributed by atoms with Crippen molar-refractivity contribution in [1.82, 2.24) is 0 Å². The molecule has 0 spiro atoms. The van der Waals surface area contributed by atoms with Crippen molar-refractivity contribution in [1.29, 1.82) is 0 Å². The standard InChI is InChI=1S/C10H22OSi/c1-11-12(2,3)9-5-4-6-10-7-8-10/h10H,4-9H2,1-3H3. The Bertz CT molecular complexity index is 130. The molecule has 0 saturated heterocycles. The van der Waals surface area contributed by atoms with Gasteiger partial charge in [0.1, 0.15) is 0 Å². The van der Waals surface area contributed by atoms with E-state index in [1.165, 1.54) is 38.1 Å². The van der Waals surface area contributed by atoms with Crippen molar-refractivity contribution in [3.8, 4) is 0 Å². The van der Waals surface area contributed by atoms with Crippen LogP contribution >= 0.6 is 0 Å². The van der Waals surface area contributed by atoms with Gasteiger partial charge < -0.3 is 4.43 Å². The third-order valence-corrected chi connectivity index (χ3v) is 5.55. The second kappa shape index (κ2) is 4.42. The fourth-order valence-corrected chi connectivity index (χ4v) is 2.80. The van der Waals surface area contributed by atoms with Gasteiger partial charge in [-0.2, -0.15) is 0 Å². The average molecular weight is 186 g/mol. The first-order valence-corrected chi connectivity index (χ1v) is 8.31. The monoisotopic (exact) mass is 186 g/mol. The lowest BCUT2D eigenvalue weighted by molar-refractivity contribution is 0.400. The van der Waals surface area contributed by atoms with E-state index in [1.807, 2.05) is 7.11 Å². The van der Waals surface area contributed by atoms with Gasteiger partial charge >= 0.3 is 0 Å². The maximum atomic E-state index is 5.50. The van der Waals surface area contributed by atoms with Gasteiger partial charge in [-0.25, -0.2) is 0 Å². The molecule has 1 aliphatic carbocycles. The zero-order valence-corrected chi connectivity index (χ0v) is 9.73. The van der Waals surface area contributed by atoms with Crippen LogP contribution in [-0.2, 0) is 4.43 Å². The molecule has 0 aromatic rings. The molecule has 1 aliphatic rings. The Labute approximate surface area is 77.6 Å². The van der Waals surface area contributed by atoms with Crippen LogP contribution in [0.3, 0.4) is 0 Å². The number of rotatable bonds is 6. The van der Waals surface area contributed by atoms with Crippen LogP contribution in [0.4, 0.5) is 0 Å². The van der Waals surface area contributed by atoms with Crippen molar-refractivity contribution < 1.29 is 4.43 Å². The van der Waals surface area contributed by atoms with Crippen LogP contribution in [0.25, 0.3) is 0 Å². The van der Waals surface area contributed by atoms with Gasteiger partial charge in [0, 0.05) is 7.11 Å². The SMILES string of the molecule is CO[Si](C)(C)CCCCC1CC1. The quantitative estimate of drug-likeness (QED) is 0.456. The van der Waals surface area contributed by atoms with Gasteiger partial charge in [-0.3, -0.25) is 0 Å². The van der Waals surface area contributed by atoms with Crippen molar-refractivity contribution in [3.05, 3.63) is 0 Å². The first-order chi connectivity index (χ1) is 5.64. The van der Waals surface area contributed by atoms with E-state index < -0.39 is 8.32 Å². The summed E-state index contributed by atoms with van der Waals surface area (Å²) in [4.78, 5) is 0. The third kappa shape index (κ3) is 4.26. The summed E-state index contributed by atoms with van der Waals surface area (Å²) in [6, 6.07) is 1.34. The van der Waals surface area contributed by atoms with Gasteiger partial charge in [0.2, 0.25) is 0 Å². The molecule has 12 heavy (non-hydrogen) atoms. The second-order valence-corrected chi connectivity index (χ2v) is 9.08. The van der Waals surface area contributed by atoms with Crippen LogP contribution in [0.5, 0.6) is 0 Å². The molecule has 0 unspecified atom stereocenters. The van der Waals surface area contributed by atoms with Crippen molar-refractivity contribution in [3.63, 3.8) is 0 Å². The highest BCUT2D eigenvalue weighted by atomic mass is 28.4. The van der Waals surface area contributed by atoms with Crippen molar-refractivity contribution >= 4 is 8.32 Å². The van der Waals surface area contributed by atoms with Gasteiger partial charge in [0.15, 0.2) is 8.32 Å². The summed E-state index contributed by atoms with van der Waals surface area (Å²) < 4.78 is 5.50. The summed E-state index contributed by atoms with van der Waals surface area (Å²) in [5.74, 6) is 1.11. The Morgan fingerprint density at radius 1 is 1.25 bits per heavy atom. The summed E-state index contributed by atoms with van der Waals surface area (Å²) in [7, 11) is 0.639. The van der Waals surface area contributed by atoms with Crippen LogP contribution in [0, 0.1) is 5.92 Å². The number of hydrogen-bond donors (Lipinski definition) is 0. The van der Waals surface area contributed by atoms with E-state index in [0.29, 0.717) is 0 Å². The summed E-state index contributed by atoms with van der Waals surface area (Å²) in [6.07, 6.45) is 7.32. The molecule has 0 N–H and O–H groups in total. The molecule has 0 amide bonds. The first kappa shape index (κ1) is 10.3. The summed E-state index contributed by atoms with van der Waals surface area (Å²) in [6.45, 7) is 4.62. The molecule has 1 rings (SSSR count). The molecule has 72 valence electrons. The van der Waals surface area contributed by atoms with E-state index in [-0.39, 0.29) is 0 Å². The van der Waals surface area contributed by atoms with E-state index >= 15 is 0 Å². The largest absolute Gasteiger partial charge is 0.420 e. The van der Waals surface area contributed by atoms with Crippen LogP contribution in [0.2, 0.25) is 19.1 Å². The highest BCUT2D eigenvalue weighted by Crippen LogP contribution is 2.34. The molecule has 0 atom stereocenters. The van der Waals surface area contributed by atoms with Crippen LogP contribution in [-0.4, -0.2) is 15.4 Å². The topological polar surface area (TPSA) is 9.23 Å². The zero-order valence-electron chi connectivity index (χ0n) is 8.73. The predicted molar refractivity (Wildman–Crippen MR) is 55.9 cm³/mol. The molecule has 0 bridgehead atoms. The molecular formula is C10H22OSi. The summed E-state index contributed by atoms with van der Waals surface area (Å²) in [5, 5.41) is 0. The number of hydrogen-bond acceptors (Lipinski definition) is 1. The Morgan fingerprint density at radius 2 is 1.92 bits per heavy atom. The Morgan fingerprint density at radius 3 is 2.42 bits per heavy atom. The molecule has 1 fully saturated rings. The lowest BCUT2D eigenvalue weighted by atomic mass is 10.2. The molecule has 1 nitrogen and oxygen atoms in total. The third-order valence-electron chi connectivity index (χ3n) is 2.89. The molecule has 0 aliphatic heterocycles. The molecule has 0 heterocycles. The van der Waals surface area contributed by atoms with Gasteiger partial charge in [0.05, 0.1) is 0 Å². The molecule has 0 radical (unpaired) electrons. The van der Waals surface area contributed by atoms with Crippen molar-refractivity contribution in [2.24, 2.45) is 5.92 Å². The lowest BCUT2D eigenvalue weighted by Crippen LogP contribution is -2.27. The Hall–Kier alpha value is 0.177. The fraction of sp³-hybridized carbons (Fsp3) is 1.00. The van der Waals surface area contributed by atoms with Crippen LogP contribution in [0.1, 0.15) is 32.1 Å². The Balaban J connectivity index is 1.92. The summed E-state index contributed by atoms with van der Waals surface area (Å²) in [5.41, 5.74) is 0. The average Bonchev–Trinajstić information content (AvgIpc) is 2.82. The van der Waals surface area contributed by atoms with E-state index in [0.717, 1.165) is 5.92 Å². The van der Waals surface area contributed by atoms with Gasteiger partial charge in [-0.15, -0.1) is 0 Å². The maximum Gasteiger partial charge on any atom is 0.186 e. The minimum atomic E-state index is -1.23. The normalized spacial score (nSPS) is 18.2. The molecule has 1 saturated carbocycles. The highest BCUT2D eigenvalue weighted by Gasteiger charge is 2.22. The smallest absolute Gasteiger partial charge is 0.186 e. The maximum absolute atomic E-state index is 5.50. The molecular weight excluding hydrogens is 164 g/mol. The van der Waals surface area contributed by atoms with Gasteiger partial charge in [-0.1, -0.05) is 32.1 Å². The predicted octanol–water partition coefficient (Wildman–Crippen LogP) is 3.42. The van der Waals surface area contributed by atoms with Crippen LogP contribution < -0.4 is 0 Å².